The van der Waals surface area contributed by atoms with Gasteiger partial charge in [-0.25, -0.2) is 0 Å². The van der Waals surface area contributed by atoms with Crippen molar-refractivity contribution in [1.82, 2.24) is 9.88 Å². The van der Waals surface area contributed by atoms with Gasteiger partial charge >= 0.3 is 6.18 Å². The molecule has 0 radical (unpaired) electrons. The lowest BCUT2D eigenvalue weighted by molar-refractivity contribution is -0.137. The molecule has 0 aromatic carbocycles. The molecular formula is C12H12BrF3N2O2. The van der Waals surface area contributed by atoms with Crippen LogP contribution in [0.4, 0.5) is 13.2 Å². The summed E-state index contributed by atoms with van der Waals surface area (Å²) < 4.78 is 42.6. The maximum absolute atomic E-state index is 12.4. The second-order valence-corrected chi connectivity index (χ2v) is 4.98. The van der Waals surface area contributed by atoms with Gasteiger partial charge in [-0.1, -0.05) is 15.9 Å². The fourth-order valence-electron chi connectivity index (χ4n) is 1.85. The smallest absolute Gasteiger partial charge is 0.374 e. The highest BCUT2D eigenvalue weighted by Gasteiger charge is 2.31. The Morgan fingerprint density at radius 2 is 2.25 bits per heavy atom. The van der Waals surface area contributed by atoms with E-state index in [4.69, 9.17) is 4.74 Å². The summed E-state index contributed by atoms with van der Waals surface area (Å²) in [7, 11) is 0. The minimum atomic E-state index is -4.45. The van der Waals surface area contributed by atoms with Crippen molar-refractivity contribution in [3.8, 4) is 0 Å². The molecule has 20 heavy (non-hydrogen) atoms. The van der Waals surface area contributed by atoms with Gasteiger partial charge < -0.3 is 9.64 Å². The predicted molar refractivity (Wildman–Crippen MR) is 68.7 cm³/mol. The summed E-state index contributed by atoms with van der Waals surface area (Å²) in [6.45, 7) is 1.21. The van der Waals surface area contributed by atoms with Crippen molar-refractivity contribution in [1.29, 1.82) is 0 Å². The van der Waals surface area contributed by atoms with Crippen molar-refractivity contribution in [2.75, 3.05) is 25.0 Å². The largest absolute Gasteiger partial charge is 0.417 e. The third-order valence-corrected chi connectivity index (χ3v) is 3.63. The topological polar surface area (TPSA) is 42.4 Å². The Kier molecular flexibility index (Phi) is 4.64. The SMILES string of the molecule is O=C(c1ccc(C(F)(F)F)cn1)N1CCOC(CBr)C1. The van der Waals surface area contributed by atoms with E-state index in [-0.39, 0.29) is 17.7 Å². The van der Waals surface area contributed by atoms with Gasteiger partial charge in [0.15, 0.2) is 0 Å². The maximum atomic E-state index is 12.4. The van der Waals surface area contributed by atoms with Crippen molar-refractivity contribution < 1.29 is 22.7 Å². The lowest BCUT2D eigenvalue weighted by Crippen LogP contribution is -2.46. The number of halogens is 4. The Labute approximate surface area is 122 Å². The number of rotatable bonds is 2. The average Bonchev–Trinajstić information content (AvgIpc) is 2.46. The van der Waals surface area contributed by atoms with Crippen molar-refractivity contribution in [2.24, 2.45) is 0 Å². The predicted octanol–water partition coefficient (Wildman–Crippen LogP) is 2.34. The highest BCUT2D eigenvalue weighted by molar-refractivity contribution is 9.09. The quantitative estimate of drug-likeness (QED) is 0.767. The summed E-state index contributed by atoms with van der Waals surface area (Å²) in [5.74, 6) is -0.382. The van der Waals surface area contributed by atoms with Gasteiger partial charge in [-0.05, 0) is 12.1 Å². The molecule has 2 heterocycles. The number of alkyl halides is 4. The Morgan fingerprint density at radius 1 is 1.50 bits per heavy atom. The van der Waals surface area contributed by atoms with E-state index in [0.29, 0.717) is 31.2 Å². The molecule has 1 fully saturated rings. The maximum Gasteiger partial charge on any atom is 0.417 e. The second kappa shape index (κ2) is 6.09. The third-order valence-electron chi connectivity index (χ3n) is 2.91. The molecule has 1 unspecified atom stereocenters. The van der Waals surface area contributed by atoms with Crippen LogP contribution in [0.2, 0.25) is 0 Å². The molecule has 8 heteroatoms. The van der Waals surface area contributed by atoms with E-state index >= 15 is 0 Å². The van der Waals surface area contributed by atoms with Crippen molar-refractivity contribution in [3.63, 3.8) is 0 Å². The van der Waals surface area contributed by atoms with E-state index in [9.17, 15) is 18.0 Å². The van der Waals surface area contributed by atoms with Crippen LogP contribution in [-0.2, 0) is 10.9 Å². The summed E-state index contributed by atoms with van der Waals surface area (Å²) in [6.07, 6.45) is -3.88. The summed E-state index contributed by atoms with van der Waals surface area (Å²) in [6, 6.07) is 1.96. The Morgan fingerprint density at radius 3 is 2.80 bits per heavy atom. The van der Waals surface area contributed by atoms with Crippen LogP contribution in [0.5, 0.6) is 0 Å². The number of nitrogens with zero attached hydrogens (tertiary/aromatic N) is 2. The van der Waals surface area contributed by atoms with Gasteiger partial charge in [0, 0.05) is 24.6 Å². The third kappa shape index (κ3) is 3.49. The van der Waals surface area contributed by atoms with Gasteiger partial charge in [0.25, 0.3) is 5.91 Å². The fraction of sp³-hybridized carbons (Fsp3) is 0.500. The number of hydrogen-bond acceptors (Lipinski definition) is 3. The molecule has 2 rings (SSSR count). The molecule has 0 saturated carbocycles. The van der Waals surface area contributed by atoms with Crippen molar-refractivity contribution in [2.45, 2.75) is 12.3 Å². The molecule has 0 aliphatic carbocycles. The molecule has 1 amide bonds. The van der Waals surface area contributed by atoms with Gasteiger partial charge in [-0.3, -0.25) is 9.78 Å². The van der Waals surface area contributed by atoms with Crippen LogP contribution in [0, 0.1) is 0 Å². The summed E-state index contributed by atoms with van der Waals surface area (Å²) in [4.78, 5) is 17.3. The fourth-order valence-corrected chi connectivity index (χ4v) is 2.24. The monoisotopic (exact) mass is 352 g/mol. The second-order valence-electron chi connectivity index (χ2n) is 4.33. The number of carbonyl (C=O) groups is 1. The molecule has 0 spiro atoms. The zero-order valence-electron chi connectivity index (χ0n) is 10.4. The number of carbonyl (C=O) groups excluding carboxylic acids is 1. The van der Waals surface area contributed by atoms with Crippen LogP contribution in [-0.4, -0.2) is 46.9 Å². The molecule has 4 nitrogen and oxygen atoms in total. The zero-order valence-corrected chi connectivity index (χ0v) is 11.9. The number of amides is 1. The Bertz CT molecular complexity index is 479. The van der Waals surface area contributed by atoms with E-state index in [2.05, 4.69) is 20.9 Å². The van der Waals surface area contributed by atoms with E-state index < -0.39 is 11.7 Å². The lowest BCUT2D eigenvalue weighted by Gasteiger charge is -2.31. The van der Waals surface area contributed by atoms with E-state index in [0.717, 1.165) is 12.1 Å². The zero-order chi connectivity index (χ0) is 14.8. The molecule has 110 valence electrons. The summed E-state index contributed by atoms with van der Waals surface area (Å²) in [5.41, 5.74) is -0.859. The van der Waals surface area contributed by atoms with Crippen LogP contribution < -0.4 is 0 Å². The number of aromatic nitrogens is 1. The molecule has 1 aliphatic heterocycles. The highest BCUT2D eigenvalue weighted by atomic mass is 79.9. The van der Waals surface area contributed by atoms with Gasteiger partial charge in [-0.15, -0.1) is 0 Å². The Balaban J connectivity index is 2.09. The molecule has 0 N–H and O–H groups in total. The minimum Gasteiger partial charge on any atom is -0.374 e. The van der Waals surface area contributed by atoms with E-state index in [1.54, 1.807) is 0 Å². The number of ether oxygens (including phenoxy) is 1. The van der Waals surface area contributed by atoms with Crippen LogP contribution in [0.15, 0.2) is 18.3 Å². The first-order valence-electron chi connectivity index (χ1n) is 5.92. The van der Waals surface area contributed by atoms with Crippen LogP contribution in [0.1, 0.15) is 16.1 Å². The van der Waals surface area contributed by atoms with E-state index in [1.165, 1.54) is 4.90 Å². The summed E-state index contributed by atoms with van der Waals surface area (Å²) in [5, 5.41) is 0.594. The first-order valence-corrected chi connectivity index (χ1v) is 7.04. The first-order chi connectivity index (χ1) is 9.41. The number of morpholine rings is 1. The van der Waals surface area contributed by atoms with Gasteiger partial charge in [0.05, 0.1) is 18.3 Å². The minimum absolute atomic E-state index is 0.00761. The van der Waals surface area contributed by atoms with Crippen LogP contribution in [0.3, 0.4) is 0 Å². The summed E-state index contributed by atoms with van der Waals surface area (Å²) >= 11 is 3.27. The van der Waals surface area contributed by atoms with Gasteiger partial charge in [0.2, 0.25) is 0 Å². The van der Waals surface area contributed by atoms with Gasteiger partial charge in [-0.2, -0.15) is 13.2 Å². The van der Waals surface area contributed by atoms with Crippen LogP contribution >= 0.6 is 15.9 Å². The highest BCUT2D eigenvalue weighted by Crippen LogP contribution is 2.28. The van der Waals surface area contributed by atoms with E-state index in [1.807, 2.05) is 0 Å². The molecule has 0 bridgehead atoms. The van der Waals surface area contributed by atoms with Crippen LogP contribution in [0.25, 0.3) is 0 Å². The lowest BCUT2D eigenvalue weighted by atomic mass is 10.2. The molecular weight excluding hydrogens is 341 g/mol. The van der Waals surface area contributed by atoms with Gasteiger partial charge in [0.1, 0.15) is 5.69 Å². The molecule has 1 aromatic rings. The Hall–Kier alpha value is -1.15. The first kappa shape index (κ1) is 15.2. The molecule has 1 aromatic heterocycles. The molecule has 1 atom stereocenters. The molecule has 1 saturated heterocycles. The molecule has 1 aliphatic rings. The number of hydrogen-bond donors (Lipinski definition) is 0. The van der Waals surface area contributed by atoms with Crippen molar-refractivity contribution >= 4 is 21.8 Å². The standard InChI is InChI=1S/C12H12BrF3N2O2/c13-5-9-7-18(3-4-20-9)11(19)10-2-1-8(6-17-10)12(14,15)16/h1-2,6,9H,3-5,7H2. The van der Waals surface area contributed by atoms with Crippen molar-refractivity contribution in [3.05, 3.63) is 29.6 Å². The number of pyridine rings is 1. The normalized spacial score (nSPS) is 20.0. The average molecular weight is 353 g/mol.